The van der Waals surface area contributed by atoms with Gasteiger partial charge in [-0.1, -0.05) is 67.1 Å². The highest BCUT2D eigenvalue weighted by Gasteiger charge is 2.24. The van der Waals surface area contributed by atoms with Crippen molar-refractivity contribution in [1.82, 2.24) is 0 Å². The first-order chi connectivity index (χ1) is 16.3. The second kappa shape index (κ2) is 9.74. The number of carbonyl (C=O) groups excluding carboxylic acids is 1. The summed E-state index contributed by atoms with van der Waals surface area (Å²) in [5.74, 6) is -0.115. The molecule has 4 aromatic rings. The van der Waals surface area contributed by atoms with Crippen LogP contribution in [-0.4, -0.2) is 12.0 Å². The summed E-state index contributed by atoms with van der Waals surface area (Å²) in [6.45, 7) is 7.43. The molecule has 0 aliphatic carbocycles. The molecule has 0 bridgehead atoms. The van der Waals surface area contributed by atoms with Crippen LogP contribution in [0, 0.1) is 13.8 Å². The number of carbonyl (C=O) groups is 1. The van der Waals surface area contributed by atoms with Crippen LogP contribution in [0.25, 0.3) is 22.3 Å². The molecule has 0 radical (unpaired) electrons. The smallest absolute Gasteiger partial charge is 0.265 e. The third-order valence-corrected chi connectivity index (χ3v) is 6.23. The fraction of sp³-hybridized carbons (Fsp3) is 0.214. The van der Waals surface area contributed by atoms with Gasteiger partial charge in [-0.25, -0.2) is 0 Å². The molecule has 0 aliphatic rings. The summed E-state index contributed by atoms with van der Waals surface area (Å²) in [5.41, 5.74) is 4.24. The molecule has 5 nitrogen and oxygen atoms in total. The zero-order valence-corrected chi connectivity index (χ0v) is 20.3. The van der Waals surface area contributed by atoms with Crippen LogP contribution in [0.15, 0.2) is 69.9 Å². The second-order valence-corrected chi connectivity index (χ2v) is 8.67. The average molecular weight is 476 g/mol. The highest BCUT2D eigenvalue weighted by molar-refractivity contribution is 6.32. The number of halogens is 1. The molecule has 1 atom stereocenters. The highest BCUT2D eigenvalue weighted by Crippen LogP contribution is 2.33. The van der Waals surface area contributed by atoms with Gasteiger partial charge in [0.15, 0.2) is 11.9 Å². The highest BCUT2D eigenvalue weighted by atomic mass is 35.5. The molecule has 1 amide bonds. The lowest BCUT2D eigenvalue weighted by molar-refractivity contribution is -0.122. The molecule has 0 fully saturated rings. The van der Waals surface area contributed by atoms with Crippen LogP contribution in [0.5, 0.6) is 5.75 Å². The largest absolute Gasteiger partial charge is 0.473 e. The van der Waals surface area contributed by atoms with E-state index in [-0.39, 0.29) is 22.8 Å². The Morgan fingerprint density at radius 3 is 2.50 bits per heavy atom. The molecule has 0 saturated carbocycles. The predicted octanol–water partition coefficient (Wildman–Crippen LogP) is 6.70. The minimum Gasteiger partial charge on any atom is -0.473 e. The third-order valence-electron chi connectivity index (χ3n) is 5.82. The number of amides is 1. The van der Waals surface area contributed by atoms with Crippen molar-refractivity contribution in [1.29, 1.82) is 0 Å². The Bertz CT molecular complexity index is 1430. The van der Waals surface area contributed by atoms with Crippen molar-refractivity contribution in [2.75, 3.05) is 5.32 Å². The Labute approximate surface area is 203 Å². The van der Waals surface area contributed by atoms with Gasteiger partial charge in [0.25, 0.3) is 5.91 Å². The molecule has 1 heterocycles. The maximum absolute atomic E-state index is 13.5. The van der Waals surface area contributed by atoms with Crippen LogP contribution < -0.4 is 15.5 Å². The minimum absolute atomic E-state index is 0.0261. The summed E-state index contributed by atoms with van der Waals surface area (Å²) in [6, 6.07) is 18.4. The Kier molecular flexibility index (Phi) is 6.75. The number of aryl methyl sites for hydroxylation is 3. The average Bonchev–Trinajstić information content (AvgIpc) is 2.83. The van der Waals surface area contributed by atoms with Crippen LogP contribution in [0.2, 0.25) is 5.02 Å². The molecule has 1 unspecified atom stereocenters. The van der Waals surface area contributed by atoms with E-state index in [2.05, 4.69) is 5.32 Å². The Hall–Kier alpha value is -3.57. The Morgan fingerprint density at radius 1 is 1.06 bits per heavy atom. The minimum atomic E-state index is -0.951. The lowest BCUT2D eigenvalue weighted by atomic mass is 10.1. The predicted molar refractivity (Wildman–Crippen MR) is 137 cm³/mol. The van der Waals surface area contributed by atoms with E-state index in [1.54, 1.807) is 19.1 Å². The molecule has 174 valence electrons. The monoisotopic (exact) mass is 475 g/mol. The lowest BCUT2D eigenvalue weighted by Gasteiger charge is -2.19. The fourth-order valence-electron chi connectivity index (χ4n) is 3.84. The summed E-state index contributed by atoms with van der Waals surface area (Å²) in [7, 11) is 0. The van der Waals surface area contributed by atoms with E-state index in [1.807, 2.05) is 69.3 Å². The van der Waals surface area contributed by atoms with E-state index in [0.717, 1.165) is 28.8 Å². The number of nitrogens with one attached hydrogen (secondary N) is 1. The zero-order chi connectivity index (χ0) is 24.4. The number of rotatable bonds is 6. The van der Waals surface area contributed by atoms with Crippen LogP contribution in [0.1, 0.15) is 30.5 Å². The van der Waals surface area contributed by atoms with Gasteiger partial charge in [-0.3, -0.25) is 9.59 Å². The topological polar surface area (TPSA) is 68.5 Å². The fourth-order valence-corrected chi connectivity index (χ4v) is 4.01. The van der Waals surface area contributed by atoms with Crippen LogP contribution in [0.4, 0.5) is 5.69 Å². The molecule has 1 N–H and O–H groups in total. The number of hydrogen-bond acceptors (Lipinski definition) is 4. The van der Waals surface area contributed by atoms with Crippen molar-refractivity contribution in [2.24, 2.45) is 0 Å². The molecule has 34 heavy (non-hydrogen) atoms. The Morgan fingerprint density at radius 2 is 1.79 bits per heavy atom. The molecular weight excluding hydrogens is 450 g/mol. The van der Waals surface area contributed by atoms with Crippen molar-refractivity contribution in [3.63, 3.8) is 0 Å². The summed E-state index contributed by atoms with van der Waals surface area (Å²) < 4.78 is 12.1. The summed E-state index contributed by atoms with van der Waals surface area (Å²) in [5, 5.41) is 3.72. The number of benzene rings is 3. The normalized spacial score (nSPS) is 11.9. The standard InChI is InChI=1S/C28H26ClNO4/c1-5-19-13-9-10-16(2)24(19)30-28(32)18(4)33-27-25(31)21-15-22(29)17(3)14-23(21)34-26(27)20-11-7-6-8-12-20/h6-15,18H,5H2,1-4H3,(H,30,32). The zero-order valence-electron chi connectivity index (χ0n) is 19.6. The number of hydrogen-bond donors (Lipinski definition) is 1. The maximum atomic E-state index is 13.5. The van der Waals surface area contributed by atoms with Crippen molar-refractivity contribution in [2.45, 2.75) is 40.2 Å². The van der Waals surface area contributed by atoms with Crippen LogP contribution in [0.3, 0.4) is 0 Å². The van der Waals surface area contributed by atoms with E-state index < -0.39 is 6.10 Å². The van der Waals surface area contributed by atoms with E-state index >= 15 is 0 Å². The number of fused-ring (bicyclic) bond motifs is 1. The van der Waals surface area contributed by atoms with Gasteiger partial charge in [-0.05, 0) is 56.0 Å². The Balaban J connectivity index is 1.76. The molecule has 6 heteroatoms. The summed E-state index contributed by atoms with van der Waals surface area (Å²) in [4.78, 5) is 26.6. The van der Waals surface area contributed by atoms with Gasteiger partial charge in [-0.15, -0.1) is 0 Å². The molecule has 4 rings (SSSR count). The van der Waals surface area contributed by atoms with Gasteiger partial charge < -0.3 is 14.5 Å². The summed E-state index contributed by atoms with van der Waals surface area (Å²) in [6.07, 6.45) is -0.174. The van der Waals surface area contributed by atoms with Crippen molar-refractivity contribution >= 4 is 34.2 Å². The van der Waals surface area contributed by atoms with Gasteiger partial charge in [-0.2, -0.15) is 0 Å². The summed E-state index contributed by atoms with van der Waals surface area (Å²) >= 11 is 6.27. The first kappa shape index (κ1) is 23.6. The SMILES string of the molecule is CCc1cccc(C)c1NC(=O)C(C)Oc1c(-c2ccccc2)oc2cc(C)c(Cl)cc2c1=O. The molecule has 1 aromatic heterocycles. The van der Waals surface area contributed by atoms with E-state index in [0.29, 0.717) is 21.6 Å². The second-order valence-electron chi connectivity index (χ2n) is 8.26. The number of para-hydroxylation sites is 1. The van der Waals surface area contributed by atoms with E-state index in [9.17, 15) is 9.59 Å². The van der Waals surface area contributed by atoms with Crippen LogP contribution in [-0.2, 0) is 11.2 Å². The molecule has 0 spiro atoms. The quantitative estimate of drug-likeness (QED) is 0.337. The molecular formula is C28H26ClNO4. The van der Waals surface area contributed by atoms with Gasteiger partial charge in [0.1, 0.15) is 5.58 Å². The first-order valence-electron chi connectivity index (χ1n) is 11.2. The number of ether oxygens (including phenoxy) is 1. The first-order valence-corrected chi connectivity index (χ1v) is 11.6. The van der Waals surface area contributed by atoms with E-state index in [4.69, 9.17) is 20.8 Å². The van der Waals surface area contributed by atoms with Crippen molar-refractivity contribution < 1.29 is 13.9 Å². The lowest BCUT2D eigenvalue weighted by Crippen LogP contribution is -2.32. The maximum Gasteiger partial charge on any atom is 0.265 e. The molecule has 3 aromatic carbocycles. The van der Waals surface area contributed by atoms with Gasteiger partial charge in [0.05, 0.1) is 5.39 Å². The van der Waals surface area contributed by atoms with E-state index in [1.165, 1.54) is 0 Å². The van der Waals surface area contributed by atoms with Gasteiger partial charge >= 0.3 is 0 Å². The number of anilines is 1. The van der Waals surface area contributed by atoms with Crippen molar-refractivity contribution in [3.05, 3.63) is 92.6 Å². The third kappa shape index (κ3) is 4.57. The molecule has 0 saturated heterocycles. The van der Waals surface area contributed by atoms with Gasteiger partial charge in [0.2, 0.25) is 11.2 Å². The van der Waals surface area contributed by atoms with Crippen LogP contribution >= 0.6 is 11.6 Å². The van der Waals surface area contributed by atoms with Crippen molar-refractivity contribution in [3.8, 4) is 17.1 Å². The van der Waals surface area contributed by atoms with Gasteiger partial charge in [0, 0.05) is 16.3 Å². The molecule has 0 aliphatic heterocycles.